The Hall–Kier alpha value is -1.95. The Morgan fingerprint density at radius 3 is 2.79 bits per heavy atom. The van der Waals surface area contributed by atoms with Crippen molar-refractivity contribution in [1.29, 1.82) is 0 Å². The van der Waals surface area contributed by atoms with Crippen molar-refractivity contribution < 1.29 is 14.3 Å². The standard InChI is InChI=1S/C13H17N3O3/c14-8-13(17)16-3-1-2-15-9-6-11-12(7-10(9)16)19-5-4-18-11/h6-7,15H,1-5,8,14H2. The molecule has 102 valence electrons. The van der Waals surface area contributed by atoms with E-state index in [4.69, 9.17) is 15.2 Å². The summed E-state index contributed by atoms with van der Waals surface area (Å²) in [5.41, 5.74) is 7.19. The van der Waals surface area contributed by atoms with Crippen LogP contribution in [0.25, 0.3) is 0 Å². The van der Waals surface area contributed by atoms with E-state index in [-0.39, 0.29) is 12.5 Å². The Balaban J connectivity index is 2.04. The highest BCUT2D eigenvalue weighted by Gasteiger charge is 2.24. The van der Waals surface area contributed by atoms with Gasteiger partial charge in [-0.3, -0.25) is 4.79 Å². The zero-order valence-electron chi connectivity index (χ0n) is 10.6. The van der Waals surface area contributed by atoms with Gasteiger partial charge in [0.1, 0.15) is 13.2 Å². The van der Waals surface area contributed by atoms with E-state index in [1.807, 2.05) is 12.1 Å². The fourth-order valence-corrected chi connectivity index (χ4v) is 2.39. The van der Waals surface area contributed by atoms with Crippen molar-refractivity contribution in [3.05, 3.63) is 12.1 Å². The molecule has 19 heavy (non-hydrogen) atoms. The highest BCUT2D eigenvalue weighted by Crippen LogP contribution is 2.40. The maximum absolute atomic E-state index is 12.0. The van der Waals surface area contributed by atoms with Gasteiger partial charge in [-0.1, -0.05) is 0 Å². The first-order valence-corrected chi connectivity index (χ1v) is 6.47. The quantitative estimate of drug-likeness (QED) is 0.774. The Labute approximate surface area is 111 Å². The van der Waals surface area contributed by atoms with Crippen LogP contribution in [0, 0.1) is 0 Å². The molecule has 0 unspecified atom stereocenters. The number of amides is 1. The van der Waals surface area contributed by atoms with Gasteiger partial charge in [-0.25, -0.2) is 0 Å². The van der Waals surface area contributed by atoms with Crippen molar-refractivity contribution in [3.63, 3.8) is 0 Å². The summed E-state index contributed by atoms with van der Waals surface area (Å²) in [6.07, 6.45) is 0.882. The summed E-state index contributed by atoms with van der Waals surface area (Å²) in [4.78, 5) is 13.7. The fraction of sp³-hybridized carbons (Fsp3) is 0.462. The van der Waals surface area contributed by atoms with Crippen molar-refractivity contribution in [3.8, 4) is 11.5 Å². The third kappa shape index (κ3) is 2.19. The van der Waals surface area contributed by atoms with Gasteiger partial charge in [-0.05, 0) is 6.42 Å². The summed E-state index contributed by atoms with van der Waals surface area (Å²) >= 11 is 0. The van der Waals surface area contributed by atoms with Crippen LogP contribution in [-0.2, 0) is 4.79 Å². The minimum atomic E-state index is -0.0818. The minimum Gasteiger partial charge on any atom is -0.486 e. The molecular weight excluding hydrogens is 246 g/mol. The number of rotatable bonds is 1. The lowest BCUT2D eigenvalue weighted by Crippen LogP contribution is -2.36. The second-order valence-electron chi connectivity index (χ2n) is 4.54. The lowest BCUT2D eigenvalue weighted by Gasteiger charge is -2.25. The second-order valence-corrected chi connectivity index (χ2v) is 4.54. The number of hydrogen-bond donors (Lipinski definition) is 2. The Morgan fingerprint density at radius 2 is 2.05 bits per heavy atom. The summed E-state index contributed by atoms with van der Waals surface area (Å²) in [6, 6.07) is 3.75. The highest BCUT2D eigenvalue weighted by atomic mass is 16.6. The monoisotopic (exact) mass is 263 g/mol. The summed E-state index contributed by atoms with van der Waals surface area (Å²) in [7, 11) is 0. The highest BCUT2D eigenvalue weighted by molar-refractivity contribution is 5.98. The van der Waals surface area contributed by atoms with Gasteiger partial charge < -0.3 is 25.4 Å². The van der Waals surface area contributed by atoms with Gasteiger partial charge in [-0.2, -0.15) is 0 Å². The molecule has 0 atom stereocenters. The molecule has 0 bridgehead atoms. The van der Waals surface area contributed by atoms with E-state index in [9.17, 15) is 4.79 Å². The number of hydrogen-bond acceptors (Lipinski definition) is 5. The van der Waals surface area contributed by atoms with E-state index >= 15 is 0 Å². The van der Waals surface area contributed by atoms with Crippen LogP contribution in [0.4, 0.5) is 11.4 Å². The SMILES string of the molecule is NCC(=O)N1CCCNc2cc3c(cc21)OCCO3. The minimum absolute atomic E-state index is 0.00782. The Morgan fingerprint density at radius 1 is 1.32 bits per heavy atom. The number of nitrogens with one attached hydrogen (secondary N) is 1. The number of carbonyl (C=O) groups excluding carboxylic acids is 1. The van der Waals surface area contributed by atoms with Crippen molar-refractivity contribution >= 4 is 17.3 Å². The molecule has 0 saturated carbocycles. The normalized spacial score (nSPS) is 17.2. The topological polar surface area (TPSA) is 76.8 Å². The van der Waals surface area contributed by atoms with E-state index in [1.54, 1.807) is 4.90 Å². The van der Waals surface area contributed by atoms with Gasteiger partial charge in [0.15, 0.2) is 11.5 Å². The Bertz CT molecular complexity index is 504. The first kappa shape index (κ1) is 12.1. The fourth-order valence-electron chi connectivity index (χ4n) is 2.39. The summed E-state index contributed by atoms with van der Waals surface area (Å²) in [5, 5.41) is 3.31. The third-order valence-electron chi connectivity index (χ3n) is 3.30. The number of anilines is 2. The van der Waals surface area contributed by atoms with Crippen LogP contribution in [0.1, 0.15) is 6.42 Å². The van der Waals surface area contributed by atoms with E-state index in [0.29, 0.717) is 25.5 Å². The van der Waals surface area contributed by atoms with E-state index in [1.165, 1.54) is 0 Å². The van der Waals surface area contributed by atoms with Crippen LogP contribution in [0.15, 0.2) is 12.1 Å². The predicted molar refractivity (Wildman–Crippen MR) is 71.9 cm³/mol. The zero-order chi connectivity index (χ0) is 13.2. The van der Waals surface area contributed by atoms with Gasteiger partial charge in [0.05, 0.1) is 17.9 Å². The van der Waals surface area contributed by atoms with Crippen LogP contribution < -0.4 is 25.4 Å². The number of nitrogens with zero attached hydrogens (tertiary/aromatic N) is 1. The molecular formula is C13H17N3O3. The zero-order valence-corrected chi connectivity index (χ0v) is 10.6. The number of fused-ring (bicyclic) bond motifs is 2. The first-order valence-electron chi connectivity index (χ1n) is 6.47. The molecule has 2 heterocycles. The molecule has 0 fully saturated rings. The molecule has 0 radical (unpaired) electrons. The van der Waals surface area contributed by atoms with E-state index in [2.05, 4.69) is 5.32 Å². The molecule has 0 saturated heterocycles. The van der Waals surface area contributed by atoms with Crippen molar-refractivity contribution in [2.75, 3.05) is 43.1 Å². The molecule has 3 rings (SSSR count). The molecule has 1 aromatic carbocycles. The van der Waals surface area contributed by atoms with Gasteiger partial charge in [-0.15, -0.1) is 0 Å². The average Bonchev–Trinajstić information content (AvgIpc) is 2.66. The largest absolute Gasteiger partial charge is 0.486 e. The van der Waals surface area contributed by atoms with Gasteiger partial charge in [0, 0.05) is 25.2 Å². The van der Waals surface area contributed by atoms with Crippen LogP contribution >= 0.6 is 0 Å². The lowest BCUT2D eigenvalue weighted by molar-refractivity contribution is -0.117. The molecule has 3 N–H and O–H groups in total. The molecule has 1 amide bonds. The molecule has 0 aliphatic carbocycles. The van der Waals surface area contributed by atoms with Crippen LogP contribution in [0.5, 0.6) is 11.5 Å². The van der Waals surface area contributed by atoms with Crippen molar-refractivity contribution in [1.82, 2.24) is 0 Å². The Kier molecular flexibility index (Phi) is 3.16. The lowest BCUT2D eigenvalue weighted by atomic mass is 10.2. The van der Waals surface area contributed by atoms with Gasteiger partial charge in [0.25, 0.3) is 0 Å². The van der Waals surface area contributed by atoms with Gasteiger partial charge >= 0.3 is 0 Å². The van der Waals surface area contributed by atoms with Crippen LogP contribution in [0.2, 0.25) is 0 Å². The first-order chi connectivity index (χ1) is 9.29. The molecule has 0 spiro atoms. The number of ether oxygens (including phenoxy) is 2. The maximum Gasteiger partial charge on any atom is 0.240 e. The molecule has 0 aromatic heterocycles. The van der Waals surface area contributed by atoms with Crippen molar-refractivity contribution in [2.24, 2.45) is 5.73 Å². The van der Waals surface area contributed by atoms with Crippen molar-refractivity contribution in [2.45, 2.75) is 6.42 Å². The predicted octanol–water partition coefficient (Wildman–Crippen LogP) is 0.565. The molecule has 6 nitrogen and oxygen atoms in total. The smallest absolute Gasteiger partial charge is 0.240 e. The molecule has 2 aliphatic heterocycles. The molecule has 6 heteroatoms. The van der Waals surface area contributed by atoms with Crippen LogP contribution in [-0.4, -0.2) is 38.8 Å². The van der Waals surface area contributed by atoms with Gasteiger partial charge in [0.2, 0.25) is 5.91 Å². The van der Waals surface area contributed by atoms with Crippen LogP contribution in [0.3, 0.4) is 0 Å². The summed E-state index contributed by atoms with van der Waals surface area (Å²) in [6.45, 7) is 2.58. The number of benzene rings is 1. The summed E-state index contributed by atoms with van der Waals surface area (Å²) in [5.74, 6) is 1.32. The summed E-state index contributed by atoms with van der Waals surface area (Å²) < 4.78 is 11.1. The second kappa shape index (κ2) is 4.97. The third-order valence-corrected chi connectivity index (χ3v) is 3.30. The molecule has 1 aromatic rings. The average molecular weight is 263 g/mol. The molecule has 2 aliphatic rings. The van der Waals surface area contributed by atoms with E-state index in [0.717, 1.165) is 30.1 Å². The number of nitrogens with two attached hydrogens (primary N) is 1. The van der Waals surface area contributed by atoms with E-state index < -0.39 is 0 Å². The maximum atomic E-state index is 12.0. The number of carbonyl (C=O) groups is 1.